The molecule has 0 saturated carbocycles. The van der Waals surface area contributed by atoms with Crippen molar-refractivity contribution in [2.75, 3.05) is 0 Å². The van der Waals surface area contributed by atoms with Crippen LogP contribution in [0.5, 0.6) is 5.75 Å². The summed E-state index contributed by atoms with van der Waals surface area (Å²) in [5.41, 5.74) is 0.222. The summed E-state index contributed by atoms with van der Waals surface area (Å²) in [5, 5.41) is -0.114. The van der Waals surface area contributed by atoms with Crippen LogP contribution in [0.2, 0.25) is 0 Å². The maximum Gasteiger partial charge on any atom is 0.416 e. The zero-order valence-electron chi connectivity index (χ0n) is 7.18. The first-order valence-electron chi connectivity index (χ1n) is 3.74. The molecule has 0 aliphatic rings. The molecular weight excluding hydrogens is 252 g/mol. The van der Waals surface area contributed by atoms with Gasteiger partial charge in [-0.2, -0.15) is 13.2 Å². The Balaban J connectivity index is 2.82. The lowest BCUT2D eigenvalue weighted by Gasteiger charge is -2.07. The molecule has 1 rings (SSSR count). The molecule has 0 unspecified atom stereocenters. The molecule has 0 spiro atoms. The van der Waals surface area contributed by atoms with Crippen molar-refractivity contribution in [3.63, 3.8) is 0 Å². The Kier molecular flexibility index (Phi) is 3.88. The first kappa shape index (κ1) is 12.2. The Morgan fingerprint density at radius 3 is 2.13 bits per heavy atom. The molecule has 0 aliphatic carbocycles. The van der Waals surface area contributed by atoms with Crippen LogP contribution < -0.4 is 4.74 Å². The molecule has 1 aromatic rings. The summed E-state index contributed by atoms with van der Waals surface area (Å²) in [6.07, 6.45) is -4.36. The average Bonchev–Trinajstić information content (AvgIpc) is 2.17. The van der Waals surface area contributed by atoms with Gasteiger partial charge in [0.25, 0.3) is 0 Å². The fraction of sp³-hybridized carbons (Fsp3) is 0.111. The SMILES string of the molecule is FC(F)(F)c1ccc(O/C(Cl)=C/Cl)cc1. The van der Waals surface area contributed by atoms with E-state index in [-0.39, 0.29) is 11.0 Å². The van der Waals surface area contributed by atoms with E-state index in [1.54, 1.807) is 0 Å². The van der Waals surface area contributed by atoms with Crippen LogP contribution in [-0.2, 0) is 6.18 Å². The molecule has 0 amide bonds. The molecular formula is C9H5Cl2F3O. The summed E-state index contributed by atoms with van der Waals surface area (Å²) in [5.74, 6) is 0.185. The molecule has 0 radical (unpaired) electrons. The fourth-order valence-corrected chi connectivity index (χ4v) is 0.980. The summed E-state index contributed by atoms with van der Waals surface area (Å²) in [4.78, 5) is 0. The molecule has 0 aromatic heterocycles. The van der Waals surface area contributed by atoms with Crippen LogP contribution in [0.4, 0.5) is 13.2 Å². The van der Waals surface area contributed by atoms with Crippen molar-refractivity contribution < 1.29 is 17.9 Å². The average molecular weight is 257 g/mol. The third-order valence-electron chi connectivity index (χ3n) is 1.48. The van der Waals surface area contributed by atoms with Gasteiger partial charge in [0, 0.05) is 0 Å². The largest absolute Gasteiger partial charge is 0.444 e. The minimum absolute atomic E-state index is 0.114. The Hall–Kier alpha value is -0.870. The predicted octanol–water partition coefficient (Wildman–Crippen LogP) is 4.36. The maximum atomic E-state index is 12.1. The fourth-order valence-electron chi connectivity index (χ4n) is 0.847. The molecule has 0 bridgehead atoms. The van der Waals surface area contributed by atoms with E-state index in [2.05, 4.69) is 0 Å². The van der Waals surface area contributed by atoms with Gasteiger partial charge < -0.3 is 4.74 Å². The molecule has 6 heteroatoms. The van der Waals surface area contributed by atoms with E-state index in [0.717, 1.165) is 29.8 Å². The zero-order chi connectivity index (χ0) is 11.5. The Labute approximate surface area is 94.1 Å². The summed E-state index contributed by atoms with van der Waals surface area (Å²) in [7, 11) is 0. The second-order valence-electron chi connectivity index (χ2n) is 2.54. The van der Waals surface area contributed by atoms with Crippen LogP contribution in [0.15, 0.2) is 35.0 Å². The van der Waals surface area contributed by atoms with Crippen molar-refractivity contribution in [1.82, 2.24) is 0 Å². The molecule has 0 aliphatic heterocycles. The van der Waals surface area contributed by atoms with Crippen molar-refractivity contribution in [2.45, 2.75) is 6.18 Å². The highest BCUT2D eigenvalue weighted by molar-refractivity contribution is 6.35. The number of hydrogen-bond donors (Lipinski definition) is 0. The smallest absolute Gasteiger partial charge is 0.416 e. The van der Waals surface area contributed by atoms with Gasteiger partial charge in [-0.05, 0) is 35.9 Å². The van der Waals surface area contributed by atoms with Gasteiger partial charge >= 0.3 is 6.18 Å². The number of alkyl halides is 3. The van der Waals surface area contributed by atoms with Gasteiger partial charge in [-0.1, -0.05) is 11.6 Å². The predicted molar refractivity (Wildman–Crippen MR) is 51.9 cm³/mol. The molecule has 82 valence electrons. The lowest BCUT2D eigenvalue weighted by molar-refractivity contribution is -0.137. The molecule has 1 aromatic carbocycles. The summed E-state index contributed by atoms with van der Waals surface area (Å²) in [6, 6.07) is 4.11. The maximum absolute atomic E-state index is 12.1. The van der Waals surface area contributed by atoms with Crippen molar-refractivity contribution in [3.8, 4) is 5.75 Å². The zero-order valence-corrected chi connectivity index (χ0v) is 8.70. The molecule has 15 heavy (non-hydrogen) atoms. The second-order valence-corrected chi connectivity index (χ2v) is 3.13. The van der Waals surface area contributed by atoms with Crippen molar-refractivity contribution in [3.05, 3.63) is 40.6 Å². The van der Waals surface area contributed by atoms with Crippen LogP contribution in [0, 0.1) is 0 Å². The normalized spacial score (nSPS) is 12.7. The van der Waals surface area contributed by atoms with E-state index >= 15 is 0 Å². The molecule has 0 N–H and O–H groups in total. The molecule has 1 nitrogen and oxygen atoms in total. The van der Waals surface area contributed by atoms with Gasteiger partial charge in [-0.15, -0.1) is 0 Å². The molecule has 0 atom stereocenters. The standard InChI is InChI=1S/C9H5Cl2F3O/c10-5-8(11)15-7-3-1-6(2-4-7)9(12,13)14/h1-5H/b8-5+. The van der Waals surface area contributed by atoms with E-state index in [1.807, 2.05) is 0 Å². The number of halogens is 5. The van der Waals surface area contributed by atoms with Gasteiger partial charge in [0.15, 0.2) is 0 Å². The minimum Gasteiger partial charge on any atom is -0.444 e. The second kappa shape index (κ2) is 4.77. The summed E-state index contributed by atoms with van der Waals surface area (Å²) in [6.45, 7) is 0. The van der Waals surface area contributed by atoms with Gasteiger partial charge in [0.2, 0.25) is 5.22 Å². The first-order valence-corrected chi connectivity index (χ1v) is 4.56. The van der Waals surface area contributed by atoms with Crippen LogP contribution in [-0.4, -0.2) is 0 Å². The molecule has 0 saturated heterocycles. The highest BCUT2D eigenvalue weighted by atomic mass is 35.5. The van der Waals surface area contributed by atoms with Crippen LogP contribution in [0.3, 0.4) is 0 Å². The number of benzene rings is 1. The van der Waals surface area contributed by atoms with Crippen LogP contribution in [0.25, 0.3) is 0 Å². The number of ether oxygens (including phenoxy) is 1. The topological polar surface area (TPSA) is 9.23 Å². The van der Waals surface area contributed by atoms with E-state index < -0.39 is 11.7 Å². The number of rotatable bonds is 2. The van der Waals surface area contributed by atoms with Crippen molar-refractivity contribution in [1.29, 1.82) is 0 Å². The summed E-state index contributed by atoms with van der Waals surface area (Å²) < 4.78 is 41.3. The highest BCUT2D eigenvalue weighted by Crippen LogP contribution is 2.30. The summed E-state index contributed by atoms with van der Waals surface area (Å²) >= 11 is 10.6. The van der Waals surface area contributed by atoms with Gasteiger partial charge in [-0.3, -0.25) is 0 Å². The monoisotopic (exact) mass is 256 g/mol. The van der Waals surface area contributed by atoms with Gasteiger partial charge in [0.1, 0.15) is 5.75 Å². The van der Waals surface area contributed by atoms with Gasteiger partial charge in [-0.25, -0.2) is 0 Å². The Bertz CT molecular complexity index is 357. The third-order valence-corrected chi connectivity index (χ3v) is 1.98. The molecule has 0 heterocycles. The van der Waals surface area contributed by atoms with Crippen LogP contribution in [0.1, 0.15) is 5.56 Å². The lowest BCUT2D eigenvalue weighted by Crippen LogP contribution is -2.04. The molecule has 0 fully saturated rings. The van der Waals surface area contributed by atoms with E-state index in [9.17, 15) is 13.2 Å². The highest BCUT2D eigenvalue weighted by Gasteiger charge is 2.29. The van der Waals surface area contributed by atoms with Crippen molar-refractivity contribution in [2.24, 2.45) is 0 Å². The Morgan fingerprint density at radius 1 is 1.20 bits per heavy atom. The minimum atomic E-state index is -4.36. The van der Waals surface area contributed by atoms with Crippen molar-refractivity contribution >= 4 is 23.2 Å². The first-order chi connectivity index (χ1) is 6.93. The van der Waals surface area contributed by atoms with Crippen LogP contribution >= 0.6 is 23.2 Å². The third kappa shape index (κ3) is 3.64. The Morgan fingerprint density at radius 2 is 1.73 bits per heavy atom. The van der Waals surface area contributed by atoms with E-state index in [0.29, 0.717) is 0 Å². The van der Waals surface area contributed by atoms with E-state index in [1.165, 1.54) is 0 Å². The van der Waals surface area contributed by atoms with E-state index in [4.69, 9.17) is 27.9 Å². The lowest BCUT2D eigenvalue weighted by atomic mass is 10.2. The quantitative estimate of drug-likeness (QED) is 0.715. The number of hydrogen-bond acceptors (Lipinski definition) is 1. The van der Waals surface area contributed by atoms with Gasteiger partial charge in [0.05, 0.1) is 11.1 Å².